The van der Waals surface area contributed by atoms with Crippen LogP contribution in [0.25, 0.3) is 0 Å². The van der Waals surface area contributed by atoms with Crippen LogP contribution in [0.2, 0.25) is 0 Å². The third-order valence-electron chi connectivity index (χ3n) is 3.30. The second-order valence-corrected chi connectivity index (χ2v) is 4.78. The van der Waals surface area contributed by atoms with Crippen LogP contribution in [0.4, 0.5) is 0 Å². The van der Waals surface area contributed by atoms with E-state index in [1.807, 2.05) is 6.20 Å². The second-order valence-electron chi connectivity index (χ2n) is 4.78. The van der Waals surface area contributed by atoms with Gasteiger partial charge in [0.05, 0.1) is 6.04 Å². The van der Waals surface area contributed by atoms with Crippen molar-refractivity contribution in [1.82, 2.24) is 15.4 Å². The molecule has 2 aromatic rings. The van der Waals surface area contributed by atoms with Gasteiger partial charge in [0, 0.05) is 12.4 Å². The maximum atomic E-state index is 5.63. The van der Waals surface area contributed by atoms with E-state index >= 15 is 0 Å². The molecule has 0 bridgehead atoms. The van der Waals surface area contributed by atoms with Gasteiger partial charge in [-0.15, -0.1) is 0 Å². The van der Waals surface area contributed by atoms with Crippen molar-refractivity contribution >= 4 is 0 Å². The van der Waals surface area contributed by atoms with Gasteiger partial charge in [0.15, 0.2) is 0 Å². The number of H-pyrrole nitrogens is 1. The third kappa shape index (κ3) is 2.60. The highest BCUT2D eigenvalue weighted by molar-refractivity contribution is 5.38. The van der Waals surface area contributed by atoms with Crippen LogP contribution in [0.5, 0.6) is 0 Å². The fraction of sp³-hybridized carbons (Fsp3) is 0.357. The number of nitrogens with two attached hydrogens (primary N) is 1. The monoisotopic (exact) mass is 244 g/mol. The second kappa shape index (κ2) is 5.33. The minimum Gasteiger partial charge on any atom is -0.347 e. The predicted molar refractivity (Wildman–Crippen MR) is 73.0 cm³/mol. The Morgan fingerprint density at radius 2 is 1.94 bits per heavy atom. The van der Waals surface area contributed by atoms with Crippen LogP contribution in [0.15, 0.2) is 24.5 Å². The molecule has 1 atom stereocenters. The Labute approximate surface area is 108 Å². The number of imidazole rings is 1. The summed E-state index contributed by atoms with van der Waals surface area (Å²) >= 11 is 0. The van der Waals surface area contributed by atoms with Crippen molar-refractivity contribution in [3.05, 3.63) is 52.6 Å². The highest BCUT2D eigenvalue weighted by Crippen LogP contribution is 2.22. The van der Waals surface area contributed by atoms with Gasteiger partial charge in [0.1, 0.15) is 5.82 Å². The van der Waals surface area contributed by atoms with E-state index in [9.17, 15) is 0 Å². The lowest BCUT2D eigenvalue weighted by molar-refractivity contribution is 0.525. The van der Waals surface area contributed by atoms with Gasteiger partial charge in [-0.2, -0.15) is 0 Å². The Kier molecular flexibility index (Phi) is 3.79. The van der Waals surface area contributed by atoms with E-state index in [-0.39, 0.29) is 6.04 Å². The molecule has 0 amide bonds. The van der Waals surface area contributed by atoms with Crippen molar-refractivity contribution < 1.29 is 0 Å². The highest BCUT2D eigenvalue weighted by atomic mass is 15.2. The van der Waals surface area contributed by atoms with Gasteiger partial charge in [-0.05, 0) is 43.9 Å². The number of nitrogens with one attached hydrogen (secondary N) is 2. The van der Waals surface area contributed by atoms with Gasteiger partial charge in [0.25, 0.3) is 0 Å². The van der Waals surface area contributed by atoms with E-state index in [0.29, 0.717) is 0 Å². The molecule has 0 aliphatic rings. The molecule has 1 aromatic heterocycles. The fourth-order valence-electron chi connectivity index (χ4n) is 2.44. The number of aryl methyl sites for hydroxylation is 3. The zero-order chi connectivity index (χ0) is 13.1. The lowest BCUT2D eigenvalue weighted by Crippen LogP contribution is -2.30. The van der Waals surface area contributed by atoms with Crippen molar-refractivity contribution in [2.45, 2.75) is 33.2 Å². The van der Waals surface area contributed by atoms with Crippen molar-refractivity contribution in [2.75, 3.05) is 0 Å². The minimum absolute atomic E-state index is 0.0140. The maximum absolute atomic E-state index is 5.63. The Morgan fingerprint density at radius 3 is 2.44 bits per heavy atom. The number of hydrogen-bond acceptors (Lipinski definition) is 3. The van der Waals surface area contributed by atoms with E-state index < -0.39 is 0 Å². The summed E-state index contributed by atoms with van der Waals surface area (Å²) in [4.78, 5) is 7.37. The van der Waals surface area contributed by atoms with Gasteiger partial charge >= 0.3 is 0 Å². The van der Waals surface area contributed by atoms with Crippen LogP contribution in [0, 0.1) is 20.8 Å². The molecule has 0 aliphatic heterocycles. The Morgan fingerprint density at radius 1 is 1.28 bits per heavy atom. The van der Waals surface area contributed by atoms with Crippen LogP contribution in [-0.2, 0) is 6.42 Å². The number of hydrogen-bond donors (Lipinski definition) is 3. The minimum atomic E-state index is 0.0140. The average Bonchev–Trinajstić information content (AvgIpc) is 2.81. The normalized spacial score (nSPS) is 12.7. The first-order valence-electron chi connectivity index (χ1n) is 6.14. The topological polar surface area (TPSA) is 66.7 Å². The van der Waals surface area contributed by atoms with Crippen LogP contribution in [0.1, 0.15) is 34.1 Å². The van der Waals surface area contributed by atoms with Gasteiger partial charge in [-0.1, -0.05) is 17.7 Å². The quantitative estimate of drug-likeness (QED) is 0.570. The summed E-state index contributed by atoms with van der Waals surface area (Å²) in [6.07, 6.45) is 4.39. The SMILES string of the molecule is Cc1cc(C)c(CC(NN)c2ncc[nH]2)c(C)c1. The molecular weight excluding hydrogens is 224 g/mol. The molecule has 1 unspecified atom stereocenters. The smallest absolute Gasteiger partial charge is 0.124 e. The lowest BCUT2D eigenvalue weighted by atomic mass is 9.94. The summed E-state index contributed by atoms with van der Waals surface area (Å²) in [5, 5.41) is 0. The van der Waals surface area contributed by atoms with Gasteiger partial charge in [-0.25, -0.2) is 10.4 Å². The summed E-state index contributed by atoms with van der Waals surface area (Å²) in [7, 11) is 0. The van der Waals surface area contributed by atoms with Crippen LogP contribution >= 0.6 is 0 Å². The molecule has 2 rings (SSSR count). The molecule has 0 saturated heterocycles. The Bertz CT molecular complexity index is 494. The number of nitrogens with zero attached hydrogens (tertiary/aromatic N) is 1. The summed E-state index contributed by atoms with van der Waals surface area (Å²) in [6.45, 7) is 6.41. The molecule has 0 fully saturated rings. The molecule has 4 nitrogen and oxygen atoms in total. The number of aromatic amines is 1. The molecule has 0 aliphatic carbocycles. The number of hydrazine groups is 1. The van der Waals surface area contributed by atoms with Crippen molar-refractivity contribution in [1.29, 1.82) is 0 Å². The third-order valence-corrected chi connectivity index (χ3v) is 3.30. The maximum Gasteiger partial charge on any atom is 0.124 e. The first-order chi connectivity index (χ1) is 8.61. The summed E-state index contributed by atoms with van der Waals surface area (Å²) < 4.78 is 0. The predicted octanol–water partition coefficient (Wildman–Crippen LogP) is 2.08. The fourth-order valence-corrected chi connectivity index (χ4v) is 2.44. The zero-order valence-corrected chi connectivity index (χ0v) is 11.1. The Hall–Kier alpha value is -1.65. The molecular formula is C14H20N4. The van der Waals surface area contributed by atoms with E-state index in [1.54, 1.807) is 6.20 Å². The molecule has 4 N–H and O–H groups in total. The molecule has 4 heteroatoms. The van der Waals surface area contributed by atoms with Gasteiger partial charge < -0.3 is 4.98 Å². The lowest BCUT2D eigenvalue weighted by Gasteiger charge is -2.17. The largest absolute Gasteiger partial charge is 0.347 e. The van der Waals surface area contributed by atoms with Crippen molar-refractivity contribution in [2.24, 2.45) is 5.84 Å². The molecule has 1 aromatic carbocycles. The molecule has 1 heterocycles. The van der Waals surface area contributed by atoms with Crippen LogP contribution < -0.4 is 11.3 Å². The first kappa shape index (κ1) is 12.8. The van der Waals surface area contributed by atoms with Gasteiger partial charge in [0.2, 0.25) is 0 Å². The van der Waals surface area contributed by atoms with Crippen LogP contribution in [0.3, 0.4) is 0 Å². The molecule has 96 valence electrons. The molecule has 0 radical (unpaired) electrons. The standard InChI is InChI=1S/C14H20N4/c1-9-6-10(2)12(11(3)7-9)8-13(18-15)14-16-4-5-17-14/h4-7,13,18H,8,15H2,1-3H3,(H,16,17). The Balaban J connectivity index is 2.28. The first-order valence-corrected chi connectivity index (χ1v) is 6.14. The van der Waals surface area contributed by atoms with Crippen LogP contribution in [-0.4, -0.2) is 9.97 Å². The molecule has 0 spiro atoms. The highest BCUT2D eigenvalue weighted by Gasteiger charge is 2.15. The summed E-state index contributed by atoms with van der Waals surface area (Å²) in [5.74, 6) is 6.50. The van der Waals surface area contributed by atoms with Crippen molar-refractivity contribution in [3.8, 4) is 0 Å². The number of aromatic nitrogens is 2. The number of benzene rings is 1. The average molecular weight is 244 g/mol. The van der Waals surface area contributed by atoms with Gasteiger partial charge in [-0.3, -0.25) is 5.84 Å². The zero-order valence-electron chi connectivity index (χ0n) is 11.1. The molecule has 18 heavy (non-hydrogen) atoms. The van der Waals surface area contributed by atoms with E-state index in [4.69, 9.17) is 5.84 Å². The number of rotatable bonds is 4. The summed E-state index contributed by atoms with van der Waals surface area (Å²) in [5.41, 5.74) is 8.07. The van der Waals surface area contributed by atoms with E-state index in [2.05, 4.69) is 48.3 Å². The molecule has 0 saturated carbocycles. The summed E-state index contributed by atoms with van der Waals surface area (Å²) in [6, 6.07) is 4.43. The van der Waals surface area contributed by atoms with E-state index in [0.717, 1.165) is 12.2 Å². The van der Waals surface area contributed by atoms with Crippen molar-refractivity contribution in [3.63, 3.8) is 0 Å². The van der Waals surface area contributed by atoms with E-state index in [1.165, 1.54) is 22.3 Å².